The number of methoxy groups -OCH3 is 1. The number of halogens is 1. The van der Waals surface area contributed by atoms with E-state index in [1.165, 1.54) is 0 Å². The molecule has 7 heteroatoms. The molecule has 0 aliphatic carbocycles. The summed E-state index contributed by atoms with van der Waals surface area (Å²) in [6, 6.07) is 7.55. The van der Waals surface area contributed by atoms with E-state index in [1.54, 1.807) is 7.11 Å². The highest BCUT2D eigenvalue weighted by molar-refractivity contribution is 5.92. The summed E-state index contributed by atoms with van der Waals surface area (Å²) >= 11 is 0. The van der Waals surface area contributed by atoms with Gasteiger partial charge >= 0.3 is 0 Å². The lowest BCUT2D eigenvalue weighted by Crippen LogP contribution is -2.49. The first-order valence-corrected chi connectivity index (χ1v) is 8.84. The van der Waals surface area contributed by atoms with E-state index >= 15 is 0 Å². The van der Waals surface area contributed by atoms with Crippen LogP contribution in [0.3, 0.4) is 0 Å². The molecule has 0 aromatic heterocycles. The van der Waals surface area contributed by atoms with Crippen molar-refractivity contribution < 1.29 is 14.3 Å². The first-order valence-electron chi connectivity index (χ1n) is 8.84. The van der Waals surface area contributed by atoms with Crippen LogP contribution in [-0.2, 0) is 20.9 Å². The average molecular weight is 384 g/mol. The fourth-order valence-electron chi connectivity index (χ4n) is 2.98. The van der Waals surface area contributed by atoms with E-state index in [0.29, 0.717) is 13.2 Å². The number of amides is 2. The molecule has 1 aromatic carbocycles. The highest BCUT2D eigenvalue weighted by Crippen LogP contribution is 2.29. The molecule has 1 aromatic rings. The van der Waals surface area contributed by atoms with E-state index in [-0.39, 0.29) is 30.1 Å². The molecular weight excluding hydrogens is 354 g/mol. The zero-order valence-electron chi connectivity index (χ0n) is 15.8. The predicted octanol–water partition coefficient (Wildman–Crippen LogP) is 2.34. The average Bonchev–Trinajstić information content (AvgIpc) is 2.61. The molecule has 3 N–H and O–H groups in total. The third-order valence-electron chi connectivity index (χ3n) is 4.66. The second-order valence-electron chi connectivity index (χ2n) is 6.99. The molecule has 0 unspecified atom stereocenters. The van der Waals surface area contributed by atoms with Gasteiger partial charge in [-0.15, -0.1) is 12.4 Å². The summed E-state index contributed by atoms with van der Waals surface area (Å²) in [5, 5.41) is 9.18. The molecule has 0 spiro atoms. The molecule has 2 amide bonds. The fraction of sp³-hybridized carbons (Fsp3) is 0.579. The Morgan fingerprint density at radius 3 is 2.35 bits per heavy atom. The number of hydrogen-bond donors (Lipinski definition) is 3. The molecule has 0 radical (unpaired) electrons. The fourth-order valence-corrected chi connectivity index (χ4v) is 2.98. The van der Waals surface area contributed by atoms with Gasteiger partial charge in [0.05, 0.1) is 12.0 Å². The maximum Gasteiger partial charge on any atom is 0.228 e. The number of nitrogens with one attached hydrogen (secondary N) is 3. The van der Waals surface area contributed by atoms with Gasteiger partial charge in [0.2, 0.25) is 11.8 Å². The van der Waals surface area contributed by atoms with E-state index in [2.05, 4.69) is 16.0 Å². The van der Waals surface area contributed by atoms with Crippen molar-refractivity contribution in [1.82, 2.24) is 10.6 Å². The van der Waals surface area contributed by atoms with Crippen molar-refractivity contribution in [3.8, 4) is 0 Å². The largest absolute Gasteiger partial charge is 0.384 e. The second kappa shape index (κ2) is 10.5. The summed E-state index contributed by atoms with van der Waals surface area (Å²) in [4.78, 5) is 24.4. The van der Waals surface area contributed by atoms with Crippen molar-refractivity contribution in [3.63, 3.8) is 0 Å². The van der Waals surface area contributed by atoms with Crippen LogP contribution in [0.15, 0.2) is 24.3 Å². The summed E-state index contributed by atoms with van der Waals surface area (Å²) in [6.07, 6.45) is 1.57. The highest BCUT2D eigenvalue weighted by atomic mass is 35.5. The van der Waals surface area contributed by atoms with E-state index in [4.69, 9.17) is 4.74 Å². The molecular formula is C19H30ClN3O3. The van der Waals surface area contributed by atoms with Gasteiger partial charge in [-0.05, 0) is 43.6 Å². The van der Waals surface area contributed by atoms with Crippen molar-refractivity contribution in [3.05, 3.63) is 29.8 Å². The molecule has 1 heterocycles. The number of ether oxygens (including phenoxy) is 1. The van der Waals surface area contributed by atoms with Crippen LogP contribution in [0.5, 0.6) is 0 Å². The highest BCUT2D eigenvalue weighted by Gasteiger charge is 2.39. The quantitative estimate of drug-likeness (QED) is 0.675. The summed E-state index contributed by atoms with van der Waals surface area (Å²) in [5.74, 6) is -0.0116. The first-order chi connectivity index (χ1) is 12.0. The SMILES string of the molecule is COCC1(C(=O)NCc2ccc(NC(=O)C(C)C)cc2)CCNCC1.Cl. The van der Waals surface area contributed by atoms with Crippen LogP contribution < -0.4 is 16.0 Å². The minimum Gasteiger partial charge on any atom is -0.384 e. The summed E-state index contributed by atoms with van der Waals surface area (Å²) in [5.41, 5.74) is 1.32. The number of carbonyl (C=O) groups is 2. The molecule has 1 saturated heterocycles. The second-order valence-corrected chi connectivity index (χ2v) is 6.99. The number of hydrogen-bond acceptors (Lipinski definition) is 4. The summed E-state index contributed by atoms with van der Waals surface area (Å²) in [6.45, 7) is 6.30. The molecule has 0 bridgehead atoms. The number of anilines is 1. The molecule has 1 fully saturated rings. The van der Waals surface area contributed by atoms with Gasteiger partial charge in [-0.1, -0.05) is 26.0 Å². The van der Waals surface area contributed by atoms with Gasteiger partial charge in [-0.2, -0.15) is 0 Å². The standard InChI is InChI=1S/C19H29N3O3.ClH/c1-14(2)17(23)22-16-6-4-15(5-7-16)12-21-18(24)19(13-25-3)8-10-20-11-9-19;/h4-7,14,20H,8-13H2,1-3H3,(H,21,24)(H,22,23);1H. The summed E-state index contributed by atoms with van der Waals surface area (Å²) in [7, 11) is 1.64. The Morgan fingerprint density at radius 1 is 1.19 bits per heavy atom. The van der Waals surface area contributed by atoms with E-state index in [1.807, 2.05) is 38.1 Å². The summed E-state index contributed by atoms with van der Waals surface area (Å²) < 4.78 is 5.30. The van der Waals surface area contributed by atoms with Crippen LogP contribution in [0, 0.1) is 11.3 Å². The molecule has 6 nitrogen and oxygen atoms in total. The van der Waals surface area contributed by atoms with Crippen molar-refractivity contribution >= 4 is 29.9 Å². The van der Waals surface area contributed by atoms with Crippen molar-refractivity contribution in [2.45, 2.75) is 33.2 Å². The molecule has 26 heavy (non-hydrogen) atoms. The molecule has 1 aliphatic rings. The van der Waals surface area contributed by atoms with Gasteiger partial charge in [-0.3, -0.25) is 9.59 Å². The van der Waals surface area contributed by atoms with Crippen molar-refractivity contribution in [1.29, 1.82) is 0 Å². The maximum atomic E-state index is 12.7. The Hall–Kier alpha value is -1.63. The lowest BCUT2D eigenvalue weighted by atomic mass is 9.78. The first kappa shape index (κ1) is 22.4. The lowest BCUT2D eigenvalue weighted by Gasteiger charge is -2.35. The zero-order chi connectivity index (χ0) is 18.3. The van der Waals surface area contributed by atoms with E-state index in [9.17, 15) is 9.59 Å². The monoisotopic (exact) mass is 383 g/mol. The molecule has 0 saturated carbocycles. The minimum absolute atomic E-state index is 0. The smallest absolute Gasteiger partial charge is 0.228 e. The van der Waals surface area contributed by atoms with E-state index in [0.717, 1.165) is 37.2 Å². The Morgan fingerprint density at radius 2 is 1.81 bits per heavy atom. The van der Waals surface area contributed by atoms with Crippen molar-refractivity contribution in [2.75, 3.05) is 32.1 Å². The van der Waals surface area contributed by atoms with Crippen LogP contribution in [0.2, 0.25) is 0 Å². The number of rotatable bonds is 7. The topological polar surface area (TPSA) is 79.5 Å². The van der Waals surface area contributed by atoms with E-state index < -0.39 is 5.41 Å². The van der Waals surface area contributed by atoms with Crippen LogP contribution >= 0.6 is 12.4 Å². The van der Waals surface area contributed by atoms with Gasteiger partial charge < -0.3 is 20.7 Å². The van der Waals surface area contributed by atoms with Crippen LogP contribution in [-0.4, -0.2) is 38.6 Å². The molecule has 1 aliphatic heterocycles. The molecule has 0 atom stereocenters. The van der Waals surface area contributed by atoms with Crippen LogP contribution in [0.4, 0.5) is 5.69 Å². The Kier molecular flexibility index (Phi) is 9.05. The van der Waals surface area contributed by atoms with Gasteiger partial charge in [0.25, 0.3) is 0 Å². The predicted molar refractivity (Wildman–Crippen MR) is 105 cm³/mol. The molecule has 2 rings (SSSR count). The maximum absolute atomic E-state index is 12.7. The molecule has 146 valence electrons. The van der Waals surface area contributed by atoms with Gasteiger partial charge in [0, 0.05) is 25.3 Å². The van der Waals surface area contributed by atoms with Crippen LogP contribution in [0.25, 0.3) is 0 Å². The minimum atomic E-state index is -0.439. The zero-order valence-corrected chi connectivity index (χ0v) is 16.6. The van der Waals surface area contributed by atoms with Gasteiger partial charge in [0.15, 0.2) is 0 Å². The van der Waals surface area contributed by atoms with Gasteiger partial charge in [-0.25, -0.2) is 0 Å². The third kappa shape index (κ3) is 5.97. The Bertz CT molecular complexity index is 579. The van der Waals surface area contributed by atoms with Gasteiger partial charge in [0.1, 0.15) is 0 Å². The number of carbonyl (C=O) groups excluding carboxylic acids is 2. The third-order valence-corrected chi connectivity index (χ3v) is 4.66. The number of benzene rings is 1. The van der Waals surface area contributed by atoms with Crippen LogP contribution in [0.1, 0.15) is 32.3 Å². The number of piperidine rings is 1. The normalized spacial score (nSPS) is 15.8. The Labute approximate surface area is 161 Å². The van der Waals surface area contributed by atoms with Crippen molar-refractivity contribution in [2.24, 2.45) is 11.3 Å². The Balaban J connectivity index is 0.00000338. The lowest BCUT2D eigenvalue weighted by molar-refractivity contribution is -0.136.